The van der Waals surface area contributed by atoms with Crippen molar-refractivity contribution in [1.82, 2.24) is 15.0 Å². The van der Waals surface area contributed by atoms with Crippen molar-refractivity contribution in [3.05, 3.63) is 53.0 Å². The van der Waals surface area contributed by atoms with Crippen LogP contribution in [-0.4, -0.2) is 16.2 Å². The van der Waals surface area contributed by atoms with Crippen LogP contribution >= 0.6 is 11.5 Å². The van der Waals surface area contributed by atoms with E-state index in [1.54, 1.807) is 12.3 Å². The van der Waals surface area contributed by atoms with E-state index in [-0.39, 0.29) is 11.8 Å². The van der Waals surface area contributed by atoms with Crippen molar-refractivity contribution in [1.29, 1.82) is 0 Å². The van der Waals surface area contributed by atoms with Gasteiger partial charge in [-0.2, -0.15) is 0 Å². The molecule has 0 saturated carbocycles. The Morgan fingerprint density at radius 3 is 2.60 bits per heavy atom. The van der Waals surface area contributed by atoms with Gasteiger partial charge in [-0.1, -0.05) is 30.3 Å². The fourth-order valence-electron chi connectivity index (χ4n) is 1.73. The molecule has 0 bridgehead atoms. The number of hydrogen-bond donors (Lipinski definition) is 2. The van der Waals surface area contributed by atoms with Gasteiger partial charge in [0.25, 0.3) is 0 Å². The molecule has 1 unspecified atom stereocenters. The molecule has 0 saturated heterocycles. The number of amides is 2. The van der Waals surface area contributed by atoms with E-state index in [2.05, 4.69) is 15.0 Å². The fraction of sp³-hybridized carbons (Fsp3) is 0.214. The molecule has 104 valence electrons. The molecule has 0 aliphatic heterocycles. The van der Waals surface area contributed by atoms with Crippen LogP contribution in [0.1, 0.15) is 23.4 Å². The third-order valence-electron chi connectivity index (χ3n) is 2.66. The Morgan fingerprint density at radius 2 is 2.00 bits per heavy atom. The second-order valence-corrected chi connectivity index (χ2v) is 5.12. The first-order valence-electron chi connectivity index (χ1n) is 6.16. The molecule has 0 aliphatic rings. The molecule has 0 fully saturated rings. The summed E-state index contributed by atoms with van der Waals surface area (Å²) >= 11 is 1.20. The molecule has 2 aromatic rings. The second kappa shape index (κ2) is 6.81. The molecule has 2 amide bonds. The predicted molar refractivity (Wildman–Crippen MR) is 77.0 cm³/mol. The van der Waals surface area contributed by atoms with Crippen LogP contribution in [0.2, 0.25) is 0 Å². The Bertz CT molecular complexity index is 569. The first-order valence-corrected chi connectivity index (χ1v) is 6.93. The zero-order valence-electron chi connectivity index (χ0n) is 11.0. The highest BCUT2D eigenvalue weighted by Gasteiger charge is 2.22. The maximum absolute atomic E-state index is 12.2. The fourth-order valence-corrected chi connectivity index (χ4v) is 2.37. The number of benzene rings is 1. The number of hydrogen-bond acceptors (Lipinski definition) is 4. The molecule has 0 spiro atoms. The van der Waals surface area contributed by atoms with Crippen molar-refractivity contribution in [3.63, 3.8) is 0 Å². The van der Waals surface area contributed by atoms with E-state index in [4.69, 9.17) is 0 Å². The summed E-state index contributed by atoms with van der Waals surface area (Å²) in [4.78, 5) is 24.1. The van der Waals surface area contributed by atoms with Gasteiger partial charge in [0.15, 0.2) is 0 Å². The Hall–Kier alpha value is -2.21. The Morgan fingerprint density at radius 1 is 1.25 bits per heavy atom. The van der Waals surface area contributed by atoms with Gasteiger partial charge in [-0.25, -0.2) is 4.37 Å². The quantitative estimate of drug-likeness (QED) is 0.879. The lowest BCUT2D eigenvalue weighted by Crippen LogP contribution is -2.38. The zero-order valence-corrected chi connectivity index (χ0v) is 11.8. The van der Waals surface area contributed by atoms with Crippen LogP contribution in [0.3, 0.4) is 0 Å². The third kappa shape index (κ3) is 3.89. The van der Waals surface area contributed by atoms with Gasteiger partial charge in [0.05, 0.1) is 4.88 Å². The van der Waals surface area contributed by atoms with E-state index in [1.165, 1.54) is 18.5 Å². The Kier molecular flexibility index (Phi) is 4.84. The minimum absolute atomic E-state index is 0.242. The molecule has 0 radical (unpaired) electrons. The van der Waals surface area contributed by atoms with Gasteiger partial charge in [0, 0.05) is 19.7 Å². The van der Waals surface area contributed by atoms with Gasteiger partial charge in [-0.05, 0) is 23.2 Å². The van der Waals surface area contributed by atoms with Crippen LogP contribution in [0.5, 0.6) is 0 Å². The van der Waals surface area contributed by atoms with Gasteiger partial charge < -0.3 is 10.6 Å². The molecule has 1 heterocycles. The van der Waals surface area contributed by atoms with Crippen LogP contribution < -0.4 is 10.6 Å². The smallest absolute Gasteiger partial charge is 0.248 e. The van der Waals surface area contributed by atoms with Gasteiger partial charge in [0.1, 0.15) is 6.04 Å². The SMILES string of the molecule is CC(=O)NC(C(=O)NCc1ccccc1)c1ccns1. The largest absolute Gasteiger partial charge is 0.350 e. The average Bonchev–Trinajstić information content (AvgIpc) is 2.97. The standard InChI is InChI=1S/C14H15N3O2S/c1-10(18)17-13(12-7-8-16-20-12)14(19)15-9-11-5-3-2-4-6-11/h2-8,13H,9H2,1H3,(H,15,19)(H,17,18). The lowest BCUT2D eigenvalue weighted by molar-refractivity contribution is -0.128. The lowest BCUT2D eigenvalue weighted by atomic mass is 10.2. The predicted octanol–water partition coefficient (Wildman–Crippen LogP) is 1.64. The summed E-state index contributed by atoms with van der Waals surface area (Å²) in [6.45, 7) is 1.81. The van der Waals surface area contributed by atoms with Crippen molar-refractivity contribution >= 4 is 23.3 Å². The highest BCUT2D eigenvalue weighted by Crippen LogP contribution is 2.17. The van der Waals surface area contributed by atoms with Crippen molar-refractivity contribution in [2.75, 3.05) is 0 Å². The molecule has 1 aromatic heterocycles. The first kappa shape index (κ1) is 14.2. The summed E-state index contributed by atoms with van der Waals surface area (Å²) in [7, 11) is 0. The molecular weight excluding hydrogens is 274 g/mol. The summed E-state index contributed by atoms with van der Waals surface area (Å²) < 4.78 is 3.96. The number of nitrogens with zero attached hydrogens (tertiary/aromatic N) is 1. The van der Waals surface area contributed by atoms with Crippen LogP contribution in [0.25, 0.3) is 0 Å². The highest BCUT2D eigenvalue weighted by molar-refractivity contribution is 7.05. The summed E-state index contributed by atoms with van der Waals surface area (Å²) in [6, 6.07) is 10.6. The summed E-state index contributed by atoms with van der Waals surface area (Å²) in [5.74, 6) is -0.494. The van der Waals surface area contributed by atoms with Crippen molar-refractivity contribution in [2.45, 2.75) is 19.5 Å². The van der Waals surface area contributed by atoms with Crippen molar-refractivity contribution in [3.8, 4) is 0 Å². The summed E-state index contributed by atoms with van der Waals surface area (Å²) in [5, 5.41) is 5.46. The highest BCUT2D eigenvalue weighted by atomic mass is 32.1. The van der Waals surface area contributed by atoms with Crippen LogP contribution in [0, 0.1) is 0 Å². The van der Waals surface area contributed by atoms with E-state index in [0.717, 1.165) is 5.56 Å². The molecule has 6 heteroatoms. The Balaban J connectivity index is 2.02. The number of aromatic nitrogens is 1. The topological polar surface area (TPSA) is 71.1 Å². The summed E-state index contributed by atoms with van der Waals surface area (Å²) in [6.07, 6.45) is 1.61. The number of nitrogens with one attached hydrogen (secondary N) is 2. The third-order valence-corrected chi connectivity index (χ3v) is 3.47. The van der Waals surface area contributed by atoms with E-state index >= 15 is 0 Å². The lowest BCUT2D eigenvalue weighted by Gasteiger charge is -2.15. The second-order valence-electron chi connectivity index (χ2n) is 4.25. The molecule has 0 aliphatic carbocycles. The molecule has 20 heavy (non-hydrogen) atoms. The average molecular weight is 289 g/mol. The van der Waals surface area contributed by atoms with Gasteiger partial charge in [0.2, 0.25) is 11.8 Å². The molecule has 2 rings (SSSR count). The normalized spacial score (nSPS) is 11.7. The van der Waals surface area contributed by atoms with Crippen LogP contribution in [0.4, 0.5) is 0 Å². The maximum Gasteiger partial charge on any atom is 0.248 e. The zero-order chi connectivity index (χ0) is 14.4. The first-order chi connectivity index (χ1) is 9.66. The number of carbonyl (C=O) groups is 2. The molecule has 1 aromatic carbocycles. The van der Waals surface area contributed by atoms with E-state index < -0.39 is 6.04 Å². The van der Waals surface area contributed by atoms with Crippen LogP contribution in [-0.2, 0) is 16.1 Å². The van der Waals surface area contributed by atoms with E-state index in [0.29, 0.717) is 11.4 Å². The monoisotopic (exact) mass is 289 g/mol. The minimum Gasteiger partial charge on any atom is -0.350 e. The number of carbonyl (C=O) groups excluding carboxylic acids is 2. The molecule has 5 nitrogen and oxygen atoms in total. The minimum atomic E-state index is -0.691. The van der Waals surface area contributed by atoms with E-state index in [9.17, 15) is 9.59 Å². The van der Waals surface area contributed by atoms with Gasteiger partial charge >= 0.3 is 0 Å². The maximum atomic E-state index is 12.2. The molecular formula is C14H15N3O2S. The van der Waals surface area contributed by atoms with E-state index in [1.807, 2.05) is 30.3 Å². The Labute approximate surface area is 121 Å². The van der Waals surface area contributed by atoms with Crippen molar-refractivity contribution in [2.24, 2.45) is 0 Å². The van der Waals surface area contributed by atoms with Crippen molar-refractivity contribution < 1.29 is 9.59 Å². The van der Waals surface area contributed by atoms with Gasteiger partial charge in [-0.15, -0.1) is 0 Å². The number of rotatable bonds is 5. The summed E-state index contributed by atoms with van der Waals surface area (Å²) in [5.41, 5.74) is 1.01. The van der Waals surface area contributed by atoms with Gasteiger partial charge in [-0.3, -0.25) is 9.59 Å². The van der Waals surface area contributed by atoms with Crippen LogP contribution in [0.15, 0.2) is 42.6 Å². The molecule has 1 atom stereocenters. The molecule has 2 N–H and O–H groups in total.